The lowest BCUT2D eigenvalue weighted by Gasteiger charge is -2.39. The molecular formula is C16H26O. The summed E-state index contributed by atoms with van der Waals surface area (Å²) in [5.74, 6) is 2.12. The molecule has 1 nitrogen and oxygen atoms in total. The van der Waals surface area contributed by atoms with E-state index in [9.17, 15) is 4.79 Å². The highest BCUT2D eigenvalue weighted by Crippen LogP contribution is 2.42. The maximum absolute atomic E-state index is 12.1. The molecule has 96 valence electrons. The van der Waals surface area contributed by atoms with Crippen LogP contribution < -0.4 is 0 Å². The van der Waals surface area contributed by atoms with Crippen molar-refractivity contribution >= 4 is 5.78 Å². The fraction of sp³-hybridized carbons (Fsp3) is 0.812. The van der Waals surface area contributed by atoms with Gasteiger partial charge in [-0.2, -0.15) is 0 Å². The third-order valence-corrected chi connectivity index (χ3v) is 4.72. The molecule has 2 aliphatic carbocycles. The van der Waals surface area contributed by atoms with E-state index in [0.717, 1.165) is 25.2 Å². The molecular weight excluding hydrogens is 208 g/mol. The van der Waals surface area contributed by atoms with E-state index in [2.05, 4.69) is 32.9 Å². The first-order valence-corrected chi connectivity index (χ1v) is 7.18. The van der Waals surface area contributed by atoms with Crippen molar-refractivity contribution in [2.24, 2.45) is 23.2 Å². The summed E-state index contributed by atoms with van der Waals surface area (Å²) >= 11 is 0. The minimum Gasteiger partial charge on any atom is -0.299 e. The summed E-state index contributed by atoms with van der Waals surface area (Å²) < 4.78 is 0. The van der Waals surface area contributed by atoms with Crippen LogP contribution in [-0.4, -0.2) is 5.78 Å². The molecule has 17 heavy (non-hydrogen) atoms. The van der Waals surface area contributed by atoms with E-state index >= 15 is 0 Å². The average molecular weight is 234 g/mol. The summed E-state index contributed by atoms with van der Waals surface area (Å²) in [6.45, 7) is 6.96. The van der Waals surface area contributed by atoms with E-state index in [1.807, 2.05) is 0 Å². The third kappa shape index (κ3) is 3.00. The van der Waals surface area contributed by atoms with Crippen molar-refractivity contribution in [3.8, 4) is 0 Å². The Morgan fingerprint density at radius 2 is 2.00 bits per heavy atom. The number of hydrogen-bond acceptors (Lipinski definition) is 1. The molecule has 0 saturated heterocycles. The summed E-state index contributed by atoms with van der Waals surface area (Å²) in [6.07, 6.45) is 11.3. The van der Waals surface area contributed by atoms with Crippen LogP contribution in [0.5, 0.6) is 0 Å². The minimum atomic E-state index is 0.324. The molecule has 3 unspecified atom stereocenters. The van der Waals surface area contributed by atoms with Crippen LogP contribution >= 0.6 is 0 Å². The molecule has 0 bridgehead atoms. The number of ketones is 1. The summed E-state index contributed by atoms with van der Waals surface area (Å²) in [7, 11) is 0. The molecule has 0 heterocycles. The lowest BCUT2D eigenvalue weighted by Crippen LogP contribution is -2.35. The zero-order valence-electron chi connectivity index (χ0n) is 11.5. The first kappa shape index (κ1) is 12.9. The van der Waals surface area contributed by atoms with Gasteiger partial charge in [-0.3, -0.25) is 4.79 Å². The second-order valence-electron chi connectivity index (χ2n) is 6.93. The predicted molar refractivity (Wildman–Crippen MR) is 71.8 cm³/mol. The molecule has 1 saturated carbocycles. The van der Waals surface area contributed by atoms with Crippen LogP contribution in [0.25, 0.3) is 0 Å². The molecule has 3 atom stereocenters. The van der Waals surface area contributed by atoms with Crippen molar-refractivity contribution in [3.63, 3.8) is 0 Å². The molecule has 0 aliphatic heterocycles. The number of carbonyl (C=O) groups excluding carboxylic acids is 1. The summed E-state index contributed by atoms with van der Waals surface area (Å²) in [5.41, 5.74) is 0.358. The van der Waals surface area contributed by atoms with E-state index in [1.165, 1.54) is 19.3 Å². The fourth-order valence-electron chi connectivity index (χ4n) is 3.43. The molecule has 2 rings (SSSR count). The average Bonchev–Trinajstić information content (AvgIpc) is 2.29. The number of hydrogen-bond donors (Lipinski definition) is 0. The van der Waals surface area contributed by atoms with E-state index < -0.39 is 0 Å². The zero-order chi connectivity index (χ0) is 12.5. The van der Waals surface area contributed by atoms with E-state index in [1.54, 1.807) is 0 Å². The normalized spacial score (nSPS) is 35.0. The Kier molecular flexibility index (Phi) is 3.75. The van der Waals surface area contributed by atoms with Crippen molar-refractivity contribution in [1.29, 1.82) is 0 Å². The van der Waals surface area contributed by atoms with E-state index in [-0.39, 0.29) is 0 Å². The van der Waals surface area contributed by atoms with Gasteiger partial charge < -0.3 is 0 Å². The highest BCUT2D eigenvalue weighted by atomic mass is 16.1. The Labute approximate surface area is 106 Å². The predicted octanol–water partition coefficient (Wildman–Crippen LogP) is 4.37. The first-order valence-electron chi connectivity index (χ1n) is 7.18. The van der Waals surface area contributed by atoms with Gasteiger partial charge in [0.25, 0.3) is 0 Å². The maximum atomic E-state index is 12.1. The second kappa shape index (κ2) is 4.96. The summed E-state index contributed by atoms with van der Waals surface area (Å²) in [6, 6.07) is 0. The lowest BCUT2D eigenvalue weighted by molar-refractivity contribution is -0.128. The number of Topliss-reactive ketones (excluding diaryl/α,β-unsaturated/α-hetero) is 1. The van der Waals surface area contributed by atoms with Crippen molar-refractivity contribution in [3.05, 3.63) is 12.2 Å². The molecule has 0 radical (unpaired) electrons. The Morgan fingerprint density at radius 1 is 1.24 bits per heavy atom. The first-order chi connectivity index (χ1) is 7.98. The summed E-state index contributed by atoms with van der Waals surface area (Å²) in [4.78, 5) is 12.1. The van der Waals surface area contributed by atoms with Crippen molar-refractivity contribution in [2.45, 2.75) is 59.3 Å². The van der Waals surface area contributed by atoms with Crippen LogP contribution in [0.15, 0.2) is 12.2 Å². The quantitative estimate of drug-likeness (QED) is 0.616. The molecule has 0 amide bonds. The highest BCUT2D eigenvalue weighted by molar-refractivity contribution is 5.82. The van der Waals surface area contributed by atoms with Gasteiger partial charge in [-0.25, -0.2) is 0 Å². The van der Waals surface area contributed by atoms with Crippen LogP contribution in [0.2, 0.25) is 0 Å². The second-order valence-corrected chi connectivity index (χ2v) is 6.93. The van der Waals surface area contributed by atoms with Crippen LogP contribution in [0.3, 0.4) is 0 Å². The van der Waals surface area contributed by atoms with E-state index in [0.29, 0.717) is 23.0 Å². The molecule has 1 fully saturated rings. The standard InChI is InChI=1S/C16H26O/c1-16(2,3)13-9-10-15(17)14(11-13)12-7-5-4-6-8-12/h5,7,12-14H,4,6,8-11H2,1-3H3. The van der Waals surface area contributed by atoms with Gasteiger partial charge in [-0.15, -0.1) is 0 Å². The van der Waals surface area contributed by atoms with Crippen LogP contribution in [0, 0.1) is 23.2 Å². The van der Waals surface area contributed by atoms with Gasteiger partial charge in [0.1, 0.15) is 5.78 Å². The fourth-order valence-corrected chi connectivity index (χ4v) is 3.43. The van der Waals surface area contributed by atoms with Gasteiger partial charge in [0.05, 0.1) is 0 Å². The van der Waals surface area contributed by atoms with Crippen molar-refractivity contribution < 1.29 is 4.79 Å². The Bertz CT molecular complexity index is 308. The van der Waals surface area contributed by atoms with Crippen molar-refractivity contribution in [1.82, 2.24) is 0 Å². The molecule has 2 aliphatic rings. The maximum Gasteiger partial charge on any atom is 0.136 e. The largest absolute Gasteiger partial charge is 0.299 e. The molecule has 0 spiro atoms. The molecule has 0 aromatic heterocycles. The topological polar surface area (TPSA) is 17.1 Å². The lowest BCUT2D eigenvalue weighted by atomic mass is 9.65. The molecule has 0 N–H and O–H groups in total. The Hall–Kier alpha value is -0.590. The van der Waals surface area contributed by atoms with Crippen LogP contribution in [0.1, 0.15) is 59.3 Å². The van der Waals surface area contributed by atoms with Crippen LogP contribution in [-0.2, 0) is 4.79 Å². The molecule has 1 heteroatoms. The van der Waals surface area contributed by atoms with Gasteiger partial charge in [0.15, 0.2) is 0 Å². The van der Waals surface area contributed by atoms with Crippen molar-refractivity contribution in [2.75, 3.05) is 0 Å². The number of rotatable bonds is 1. The monoisotopic (exact) mass is 234 g/mol. The molecule has 0 aromatic rings. The van der Waals surface area contributed by atoms with Gasteiger partial charge >= 0.3 is 0 Å². The number of allylic oxidation sites excluding steroid dienone is 2. The third-order valence-electron chi connectivity index (χ3n) is 4.72. The van der Waals surface area contributed by atoms with Gasteiger partial charge in [-0.05, 0) is 49.4 Å². The minimum absolute atomic E-state index is 0.324. The SMILES string of the molecule is CC(C)(C)C1CCC(=O)C(C2C=CCCC2)C1. The number of carbonyl (C=O) groups is 1. The van der Waals surface area contributed by atoms with Gasteiger partial charge in [0, 0.05) is 12.3 Å². The Morgan fingerprint density at radius 3 is 2.59 bits per heavy atom. The highest BCUT2D eigenvalue weighted by Gasteiger charge is 2.37. The van der Waals surface area contributed by atoms with Gasteiger partial charge in [-0.1, -0.05) is 32.9 Å². The molecule has 0 aromatic carbocycles. The van der Waals surface area contributed by atoms with Crippen LogP contribution in [0.4, 0.5) is 0 Å². The van der Waals surface area contributed by atoms with E-state index in [4.69, 9.17) is 0 Å². The smallest absolute Gasteiger partial charge is 0.136 e. The summed E-state index contributed by atoms with van der Waals surface area (Å²) in [5, 5.41) is 0. The Balaban J connectivity index is 2.07. The zero-order valence-corrected chi connectivity index (χ0v) is 11.5. The van der Waals surface area contributed by atoms with Gasteiger partial charge in [0.2, 0.25) is 0 Å².